The average Bonchev–Trinajstić information content (AvgIpc) is 3.04. The SMILES string of the molecule is COC(=O)[C@@H]1Cc2c([nH]c3ccccc23)C(c2ccccc2)N1C(C)=O. The summed E-state index contributed by atoms with van der Waals surface area (Å²) in [7, 11) is 1.36. The van der Waals surface area contributed by atoms with Crippen LogP contribution in [0.2, 0.25) is 0 Å². The lowest BCUT2D eigenvalue weighted by Crippen LogP contribution is -2.51. The van der Waals surface area contributed by atoms with Crippen LogP contribution in [0.5, 0.6) is 0 Å². The van der Waals surface area contributed by atoms with Crippen LogP contribution >= 0.6 is 0 Å². The van der Waals surface area contributed by atoms with Gasteiger partial charge in [-0.2, -0.15) is 0 Å². The van der Waals surface area contributed by atoms with Crippen molar-refractivity contribution in [3.05, 3.63) is 71.4 Å². The molecule has 3 aromatic rings. The van der Waals surface area contributed by atoms with Gasteiger partial charge in [0.25, 0.3) is 0 Å². The monoisotopic (exact) mass is 348 g/mol. The van der Waals surface area contributed by atoms with Gasteiger partial charge in [0.1, 0.15) is 6.04 Å². The van der Waals surface area contributed by atoms with E-state index in [1.165, 1.54) is 14.0 Å². The molecule has 1 unspecified atom stereocenters. The first-order chi connectivity index (χ1) is 12.6. The molecule has 2 aromatic carbocycles. The number of fused-ring (bicyclic) bond motifs is 3. The molecule has 0 saturated carbocycles. The summed E-state index contributed by atoms with van der Waals surface area (Å²) < 4.78 is 5.01. The van der Waals surface area contributed by atoms with Crippen LogP contribution in [0.25, 0.3) is 10.9 Å². The molecule has 0 bridgehead atoms. The number of rotatable bonds is 2. The van der Waals surface area contributed by atoms with Crippen LogP contribution in [-0.4, -0.2) is 34.9 Å². The third kappa shape index (κ3) is 2.47. The molecular weight excluding hydrogens is 328 g/mol. The van der Waals surface area contributed by atoms with E-state index in [2.05, 4.69) is 4.98 Å². The van der Waals surface area contributed by atoms with Gasteiger partial charge in [0.05, 0.1) is 13.2 Å². The Labute approximate surface area is 151 Å². The Morgan fingerprint density at radius 2 is 1.77 bits per heavy atom. The summed E-state index contributed by atoms with van der Waals surface area (Å²) >= 11 is 0. The Morgan fingerprint density at radius 3 is 2.46 bits per heavy atom. The molecule has 4 rings (SSSR count). The summed E-state index contributed by atoms with van der Waals surface area (Å²) in [6.45, 7) is 1.50. The maximum atomic E-state index is 12.5. The fourth-order valence-corrected chi connectivity index (χ4v) is 3.98. The van der Waals surface area contributed by atoms with Crippen molar-refractivity contribution in [1.29, 1.82) is 0 Å². The van der Waals surface area contributed by atoms with E-state index in [1.807, 2.05) is 54.6 Å². The van der Waals surface area contributed by atoms with Gasteiger partial charge >= 0.3 is 5.97 Å². The highest BCUT2D eigenvalue weighted by Crippen LogP contribution is 2.41. The highest BCUT2D eigenvalue weighted by atomic mass is 16.5. The smallest absolute Gasteiger partial charge is 0.328 e. The first-order valence-electron chi connectivity index (χ1n) is 8.63. The first-order valence-corrected chi connectivity index (χ1v) is 8.63. The third-order valence-corrected chi connectivity index (χ3v) is 5.08. The van der Waals surface area contributed by atoms with Crippen LogP contribution in [0.15, 0.2) is 54.6 Å². The predicted molar refractivity (Wildman–Crippen MR) is 98.6 cm³/mol. The first kappa shape index (κ1) is 16.4. The van der Waals surface area contributed by atoms with Gasteiger partial charge in [0, 0.05) is 29.9 Å². The van der Waals surface area contributed by atoms with E-state index in [0.717, 1.165) is 27.7 Å². The molecule has 0 aliphatic carbocycles. The van der Waals surface area contributed by atoms with Gasteiger partial charge in [-0.3, -0.25) is 4.79 Å². The number of para-hydroxylation sites is 1. The number of nitrogens with zero attached hydrogens (tertiary/aromatic N) is 1. The molecule has 1 aromatic heterocycles. The highest BCUT2D eigenvalue weighted by molar-refractivity contribution is 5.90. The van der Waals surface area contributed by atoms with Gasteiger partial charge in [-0.05, 0) is 17.2 Å². The Balaban J connectivity index is 1.98. The zero-order valence-electron chi connectivity index (χ0n) is 14.7. The summed E-state index contributed by atoms with van der Waals surface area (Å²) in [5.74, 6) is -0.546. The van der Waals surface area contributed by atoms with Gasteiger partial charge in [0.15, 0.2) is 0 Å². The minimum absolute atomic E-state index is 0.154. The minimum atomic E-state index is -0.644. The Morgan fingerprint density at radius 1 is 1.08 bits per heavy atom. The standard InChI is InChI=1S/C21H20N2O3/c1-13(24)23-18(21(25)26-2)12-16-15-10-6-7-11-17(15)22-19(16)20(23)14-8-4-3-5-9-14/h3-11,18,20,22H,12H2,1-2H3/t18-,20?/m0/s1. The van der Waals surface area contributed by atoms with Gasteiger partial charge in [0.2, 0.25) is 5.91 Å². The predicted octanol–water partition coefficient (Wildman–Crippen LogP) is 3.20. The topological polar surface area (TPSA) is 62.4 Å². The number of carbonyl (C=O) groups is 2. The van der Waals surface area contributed by atoms with Crippen LogP contribution in [0, 0.1) is 0 Å². The van der Waals surface area contributed by atoms with Crippen molar-refractivity contribution in [3.8, 4) is 0 Å². The van der Waals surface area contributed by atoms with Gasteiger partial charge in [-0.25, -0.2) is 4.79 Å². The number of hydrogen-bond acceptors (Lipinski definition) is 3. The number of aromatic amines is 1. The van der Waals surface area contributed by atoms with E-state index in [4.69, 9.17) is 4.74 Å². The molecule has 1 aliphatic rings. The number of benzene rings is 2. The second kappa shape index (κ2) is 6.33. The second-order valence-corrected chi connectivity index (χ2v) is 6.55. The van der Waals surface area contributed by atoms with Crippen molar-refractivity contribution in [2.24, 2.45) is 0 Å². The number of nitrogens with one attached hydrogen (secondary N) is 1. The van der Waals surface area contributed by atoms with E-state index >= 15 is 0 Å². The second-order valence-electron chi connectivity index (χ2n) is 6.55. The summed E-state index contributed by atoms with van der Waals surface area (Å²) in [6.07, 6.45) is 0.439. The Bertz CT molecular complexity index is 977. The minimum Gasteiger partial charge on any atom is -0.467 e. The number of H-pyrrole nitrogens is 1. The maximum absolute atomic E-state index is 12.5. The maximum Gasteiger partial charge on any atom is 0.328 e. The number of carbonyl (C=O) groups excluding carboxylic acids is 2. The molecular formula is C21H20N2O3. The lowest BCUT2D eigenvalue weighted by molar-refractivity contribution is -0.154. The van der Waals surface area contributed by atoms with Crippen molar-refractivity contribution in [2.45, 2.75) is 25.4 Å². The molecule has 1 aliphatic heterocycles. The zero-order chi connectivity index (χ0) is 18.3. The summed E-state index contributed by atoms with van der Waals surface area (Å²) in [4.78, 5) is 30.2. The van der Waals surface area contributed by atoms with Crippen molar-refractivity contribution in [3.63, 3.8) is 0 Å². The molecule has 1 N–H and O–H groups in total. The van der Waals surface area contributed by atoms with Crippen LogP contribution < -0.4 is 0 Å². The van der Waals surface area contributed by atoms with Crippen molar-refractivity contribution in [1.82, 2.24) is 9.88 Å². The zero-order valence-corrected chi connectivity index (χ0v) is 14.7. The highest BCUT2D eigenvalue weighted by Gasteiger charge is 2.42. The van der Waals surface area contributed by atoms with E-state index in [9.17, 15) is 9.59 Å². The van der Waals surface area contributed by atoms with Gasteiger partial charge in [-0.1, -0.05) is 48.5 Å². The molecule has 1 amide bonds. The summed E-state index contributed by atoms with van der Waals surface area (Å²) in [5, 5.41) is 1.08. The van der Waals surface area contributed by atoms with Crippen molar-refractivity contribution in [2.75, 3.05) is 7.11 Å². The van der Waals surface area contributed by atoms with Crippen LogP contribution in [0.1, 0.15) is 29.8 Å². The van der Waals surface area contributed by atoms with E-state index in [1.54, 1.807) is 4.90 Å². The normalized spacial score (nSPS) is 19.2. The number of methoxy groups -OCH3 is 1. The molecule has 2 heterocycles. The molecule has 0 radical (unpaired) electrons. The van der Waals surface area contributed by atoms with Crippen LogP contribution in [0.3, 0.4) is 0 Å². The number of hydrogen-bond donors (Lipinski definition) is 1. The lowest BCUT2D eigenvalue weighted by atomic mass is 9.88. The van der Waals surface area contributed by atoms with Gasteiger partial charge < -0.3 is 14.6 Å². The van der Waals surface area contributed by atoms with E-state index in [0.29, 0.717) is 6.42 Å². The molecule has 0 saturated heterocycles. The fourth-order valence-electron chi connectivity index (χ4n) is 3.98. The fraction of sp³-hybridized carbons (Fsp3) is 0.238. The van der Waals surface area contributed by atoms with E-state index in [-0.39, 0.29) is 11.9 Å². The molecule has 2 atom stereocenters. The van der Waals surface area contributed by atoms with Crippen molar-refractivity contribution < 1.29 is 14.3 Å². The number of ether oxygens (including phenoxy) is 1. The molecule has 0 fully saturated rings. The summed E-state index contributed by atoms with van der Waals surface area (Å²) in [6, 6.07) is 16.8. The van der Waals surface area contributed by atoms with E-state index < -0.39 is 12.0 Å². The number of amides is 1. The van der Waals surface area contributed by atoms with Crippen LogP contribution in [-0.2, 0) is 20.7 Å². The Kier molecular flexibility index (Phi) is 3.99. The van der Waals surface area contributed by atoms with Gasteiger partial charge in [-0.15, -0.1) is 0 Å². The molecule has 5 heteroatoms. The van der Waals surface area contributed by atoms with Crippen molar-refractivity contribution >= 4 is 22.8 Å². The van der Waals surface area contributed by atoms with Crippen LogP contribution in [0.4, 0.5) is 0 Å². The quantitative estimate of drug-likeness (QED) is 0.724. The third-order valence-electron chi connectivity index (χ3n) is 5.08. The summed E-state index contributed by atoms with van der Waals surface area (Å²) in [5.41, 5.74) is 4.01. The number of aromatic nitrogens is 1. The average molecular weight is 348 g/mol. The molecule has 5 nitrogen and oxygen atoms in total. The lowest BCUT2D eigenvalue weighted by Gasteiger charge is -2.40. The Hall–Kier alpha value is -3.08. The molecule has 26 heavy (non-hydrogen) atoms. The molecule has 132 valence electrons. The largest absolute Gasteiger partial charge is 0.467 e. The number of esters is 1. The molecule has 0 spiro atoms.